The van der Waals surface area contributed by atoms with Crippen LogP contribution in [0.25, 0.3) is 10.1 Å². The number of anilines is 1. The number of aryl methyl sites for hydroxylation is 1. The van der Waals surface area contributed by atoms with Crippen LogP contribution < -0.4 is 10.6 Å². The zero-order valence-corrected chi connectivity index (χ0v) is 17.5. The molecule has 0 saturated heterocycles. The molecule has 0 aliphatic heterocycles. The van der Waals surface area contributed by atoms with E-state index in [4.69, 9.17) is 4.42 Å². The first kappa shape index (κ1) is 19.8. The highest BCUT2D eigenvalue weighted by atomic mass is 32.1. The zero-order valence-electron chi connectivity index (χ0n) is 16.6. The number of benzene rings is 2. The van der Waals surface area contributed by atoms with Crippen molar-refractivity contribution in [2.45, 2.75) is 26.3 Å². The molecule has 2 heterocycles. The molecule has 0 radical (unpaired) electrons. The first-order valence-corrected chi connectivity index (χ1v) is 10.4. The number of nitrogens with one attached hydrogen (secondary N) is 2. The van der Waals surface area contributed by atoms with Gasteiger partial charge in [-0.2, -0.15) is 4.37 Å². The molecular weight excluding hydrogens is 398 g/mol. The van der Waals surface area contributed by atoms with Crippen molar-refractivity contribution in [2.24, 2.45) is 0 Å². The minimum Gasteiger partial charge on any atom is -0.469 e. The lowest BCUT2D eigenvalue weighted by molar-refractivity contribution is 0.0938. The van der Waals surface area contributed by atoms with Crippen molar-refractivity contribution in [2.75, 3.05) is 5.32 Å². The van der Waals surface area contributed by atoms with E-state index in [-0.39, 0.29) is 17.9 Å². The standard InChI is InChI=1S/C23H21N3O3S/c1-14-9-10-16(22(27)24-15(2)12-17-6-5-11-29-17)13-19(14)25-23(28)21-18-7-3-4-8-20(18)30-26-21/h3-11,13,15H,12H2,1-2H3,(H,24,27)(H,25,28). The number of furan rings is 1. The van der Waals surface area contributed by atoms with Gasteiger partial charge in [-0.3, -0.25) is 9.59 Å². The molecule has 30 heavy (non-hydrogen) atoms. The van der Waals surface area contributed by atoms with Gasteiger partial charge in [-0.05, 0) is 61.3 Å². The molecule has 2 amide bonds. The lowest BCUT2D eigenvalue weighted by atomic mass is 10.1. The zero-order chi connectivity index (χ0) is 21.1. The van der Waals surface area contributed by atoms with Gasteiger partial charge in [-0.25, -0.2) is 0 Å². The first-order chi connectivity index (χ1) is 14.5. The first-order valence-electron chi connectivity index (χ1n) is 9.61. The molecular formula is C23H21N3O3S. The maximum Gasteiger partial charge on any atom is 0.276 e. The van der Waals surface area contributed by atoms with Gasteiger partial charge in [0.2, 0.25) is 0 Å². The number of carbonyl (C=O) groups is 2. The van der Waals surface area contributed by atoms with Crippen LogP contribution in [0.1, 0.15) is 39.1 Å². The molecule has 2 aromatic heterocycles. The second-order valence-corrected chi connectivity index (χ2v) is 7.97. The lowest BCUT2D eigenvalue weighted by Crippen LogP contribution is -2.34. The predicted octanol–water partition coefficient (Wildman–Crippen LogP) is 4.81. The van der Waals surface area contributed by atoms with Crippen LogP contribution in [0, 0.1) is 6.92 Å². The Bertz CT molecular complexity index is 1200. The van der Waals surface area contributed by atoms with E-state index in [0.717, 1.165) is 21.4 Å². The van der Waals surface area contributed by atoms with Gasteiger partial charge in [0, 0.05) is 29.1 Å². The van der Waals surface area contributed by atoms with Gasteiger partial charge < -0.3 is 15.1 Å². The van der Waals surface area contributed by atoms with Gasteiger partial charge in [0.15, 0.2) is 0 Å². The molecule has 0 aliphatic carbocycles. The van der Waals surface area contributed by atoms with E-state index in [0.29, 0.717) is 23.4 Å². The Labute approximate surface area is 178 Å². The van der Waals surface area contributed by atoms with Crippen molar-refractivity contribution >= 4 is 39.1 Å². The van der Waals surface area contributed by atoms with E-state index in [1.807, 2.05) is 56.3 Å². The van der Waals surface area contributed by atoms with Crippen LogP contribution in [0.4, 0.5) is 5.69 Å². The van der Waals surface area contributed by atoms with Crippen LogP contribution in [0.5, 0.6) is 0 Å². The van der Waals surface area contributed by atoms with Crippen LogP contribution in [-0.4, -0.2) is 22.2 Å². The topological polar surface area (TPSA) is 84.2 Å². The normalized spacial score (nSPS) is 11.9. The fourth-order valence-electron chi connectivity index (χ4n) is 3.22. The fraction of sp³-hybridized carbons (Fsp3) is 0.174. The van der Waals surface area contributed by atoms with Crippen LogP contribution in [-0.2, 0) is 6.42 Å². The highest BCUT2D eigenvalue weighted by Gasteiger charge is 2.17. The van der Waals surface area contributed by atoms with Crippen molar-refractivity contribution in [1.29, 1.82) is 0 Å². The van der Waals surface area contributed by atoms with Crippen molar-refractivity contribution in [1.82, 2.24) is 9.69 Å². The molecule has 0 spiro atoms. The summed E-state index contributed by atoms with van der Waals surface area (Å²) in [5.74, 6) is 0.318. The summed E-state index contributed by atoms with van der Waals surface area (Å²) in [6.45, 7) is 3.81. The van der Waals surface area contributed by atoms with Gasteiger partial charge in [-0.15, -0.1) is 0 Å². The largest absolute Gasteiger partial charge is 0.469 e. The highest BCUT2D eigenvalue weighted by molar-refractivity contribution is 7.13. The minimum absolute atomic E-state index is 0.0932. The smallest absolute Gasteiger partial charge is 0.276 e. The molecule has 0 saturated carbocycles. The third kappa shape index (κ3) is 4.26. The van der Waals surface area contributed by atoms with E-state index < -0.39 is 0 Å². The molecule has 4 rings (SSSR count). The van der Waals surface area contributed by atoms with Crippen LogP contribution in [0.15, 0.2) is 65.3 Å². The summed E-state index contributed by atoms with van der Waals surface area (Å²) in [6, 6.07) is 16.5. The summed E-state index contributed by atoms with van der Waals surface area (Å²) in [7, 11) is 0. The van der Waals surface area contributed by atoms with Crippen molar-refractivity contribution in [3.63, 3.8) is 0 Å². The highest BCUT2D eigenvalue weighted by Crippen LogP contribution is 2.24. The fourth-order valence-corrected chi connectivity index (χ4v) is 3.99. The summed E-state index contributed by atoms with van der Waals surface area (Å²) in [4.78, 5) is 25.5. The molecule has 0 bridgehead atoms. The SMILES string of the molecule is Cc1ccc(C(=O)NC(C)Cc2ccco2)cc1NC(=O)c1nsc2ccccc12. The summed E-state index contributed by atoms with van der Waals surface area (Å²) in [5, 5.41) is 6.68. The van der Waals surface area contributed by atoms with E-state index >= 15 is 0 Å². The van der Waals surface area contributed by atoms with Crippen LogP contribution >= 0.6 is 11.5 Å². The van der Waals surface area contributed by atoms with Crippen molar-refractivity contribution < 1.29 is 14.0 Å². The van der Waals surface area contributed by atoms with E-state index in [2.05, 4.69) is 15.0 Å². The van der Waals surface area contributed by atoms with E-state index in [1.54, 1.807) is 18.4 Å². The van der Waals surface area contributed by atoms with Crippen molar-refractivity contribution in [3.8, 4) is 0 Å². The summed E-state index contributed by atoms with van der Waals surface area (Å²) >= 11 is 1.29. The number of carbonyl (C=O) groups excluding carboxylic acids is 2. The minimum atomic E-state index is -0.292. The van der Waals surface area contributed by atoms with Gasteiger partial charge >= 0.3 is 0 Å². The Hall–Kier alpha value is -3.45. The van der Waals surface area contributed by atoms with Crippen LogP contribution in [0.2, 0.25) is 0 Å². The van der Waals surface area contributed by atoms with E-state index in [9.17, 15) is 9.59 Å². The third-order valence-corrected chi connectivity index (χ3v) is 5.63. The molecule has 4 aromatic rings. The van der Waals surface area contributed by atoms with E-state index in [1.165, 1.54) is 11.5 Å². The molecule has 6 nitrogen and oxygen atoms in total. The van der Waals surface area contributed by atoms with Gasteiger partial charge in [0.05, 0.1) is 11.0 Å². The predicted molar refractivity (Wildman–Crippen MR) is 118 cm³/mol. The average molecular weight is 420 g/mol. The molecule has 2 N–H and O–H groups in total. The summed E-state index contributed by atoms with van der Waals surface area (Å²) < 4.78 is 10.6. The third-order valence-electron chi connectivity index (χ3n) is 4.81. The summed E-state index contributed by atoms with van der Waals surface area (Å²) in [5.41, 5.74) is 2.31. The van der Waals surface area contributed by atoms with Gasteiger partial charge in [0.1, 0.15) is 11.5 Å². The Morgan fingerprint density at radius 1 is 1.10 bits per heavy atom. The molecule has 7 heteroatoms. The van der Waals surface area contributed by atoms with Crippen molar-refractivity contribution in [3.05, 3.63) is 83.4 Å². The molecule has 1 atom stereocenters. The Morgan fingerprint density at radius 2 is 1.93 bits per heavy atom. The number of fused-ring (bicyclic) bond motifs is 1. The number of amides is 2. The molecule has 152 valence electrons. The molecule has 0 aliphatic rings. The molecule has 2 aromatic carbocycles. The maximum absolute atomic E-state index is 12.8. The summed E-state index contributed by atoms with van der Waals surface area (Å²) in [6.07, 6.45) is 2.22. The number of hydrogen-bond donors (Lipinski definition) is 2. The number of nitrogens with zero attached hydrogens (tertiary/aromatic N) is 1. The second kappa shape index (κ2) is 8.51. The molecule has 1 unspecified atom stereocenters. The number of hydrogen-bond acceptors (Lipinski definition) is 5. The Balaban J connectivity index is 1.48. The molecule has 0 fully saturated rings. The maximum atomic E-state index is 12.8. The Kier molecular flexibility index (Phi) is 5.63. The monoisotopic (exact) mass is 419 g/mol. The van der Waals surface area contributed by atoms with Gasteiger partial charge in [-0.1, -0.05) is 24.3 Å². The second-order valence-electron chi connectivity index (χ2n) is 7.17. The number of rotatable bonds is 6. The lowest BCUT2D eigenvalue weighted by Gasteiger charge is -2.14. The average Bonchev–Trinajstić information content (AvgIpc) is 3.39. The number of aromatic nitrogens is 1. The van der Waals surface area contributed by atoms with Crippen LogP contribution in [0.3, 0.4) is 0 Å². The quantitative estimate of drug-likeness (QED) is 0.470. The Morgan fingerprint density at radius 3 is 2.73 bits per heavy atom. The van der Waals surface area contributed by atoms with Gasteiger partial charge in [0.25, 0.3) is 11.8 Å².